The van der Waals surface area contributed by atoms with Gasteiger partial charge in [-0.1, -0.05) is 11.6 Å². The standard InChI is InChI=1S/C20H20ClIN2O5S/c1-3-28-19(26)11-29-20-16(22)8-13(9-17(20)27-2)10-23-24-18(25)12-30-15-6-4-14(21)5-7-15/h4-10H,3,11-12H2,1-2H3,(H,24,25)/b23-10-. The average molecular weight is 563 g/mol. The van der Waals surface area contributed by atoms with Crippen LogP contribution in [0.1, 0.15) is 12.5 Å². The number of ether oxygens (including phenoxy) is 3. The summed E-state index contributed by atoms with van der Waals surface area (Å²) >= 11 is 9.30. The largest absolute Gasteiger partial charge is 0.493 e. The molecule has 30 heavy (non-hydrogen) atoms. The van der Waals surface area contributed by atoms with Crippen LogP contribution in [0.2, 0.25) is 5.02 Å². The van der Waals surface area contributed by atoms with Crippen LogP contribution in [0.4, 0.5) is 0 Å². The Kier molecular flexibility index (Phi) is 10.2. The van der Waals surface area contributed by atoms with Crippen molar-refractivity contribution in [3.8, 4) is 11.5 Å². The molecular formula is C20H20ClIN2O5S. The molecule has 0 aromatic heterocycles. The van der Waals surface area contributed by atoms with E-state index < -0.39 is 5.97 Å². The second-order valence-corrected chi connectivity index (χ2v) is 8.31. The van der Waals surface area contributed by atoms with Gasteiger partial charge in [0.2, 0.25) is 5.91 Å². The monoisotopic (exact) mass is 562 g/mol. The molecule has 7 nitrogen and oxygen atoms in total. The van der Waals surface area contributed by atoms with Crippen LogP contribution in [0.3, 0.4) is 0 Å². The lowest BCUT2D eigenvalue weighted by Gasteiger charge is -2.13. The molecule has 160 valence electrons. The average Bonchev–Trinajstić information content (AvgIpc) is 2.72. The van der Waals surface area contributed by atoms with Gasteiger partial charge in [0.15, 0.2) is 18.1 Å². The zero-order valence-corrected chi connectivity index (χ0v) is 20.0. The van der Waals surface area contributed by atoms with Crippen molar-refractivity contribution in [2.24, 2.45) is 5.10 Å². The number of amides is 1. The van der Waals surface area contributed by atoms with Gasteiger partial charge in [0.25, 0.3) is 0 Å². The minimum absolute atomic E-state index is 0.213. The molecular weight excluding hydrogens is 543 g/mol. The van der Waals surface area contributed by atoms with Crippen LogP contribution in [0.25, 0.3) is 0 Å². The second-order valence-electron chi connectivity index (χ2n) is 5.66. The first-order valence-corrected chi connectivity index (χ1v) is 11.2. The van der Waals surface area contributed by atoms with Gasteiger partial charge in [0.1, 0.15) is 0 Å². The van der Waals surface area contributed by atoms with Crippen LogP contribution in [0.5, 0.6) is 11.5 Å². The molecule has 2 rings (SSSR count). The molecule has 0 bridgehead atoms. The van der Waals surface area contributed by atoms with Gasteiger partial charge in [0.05, 0.1) is 29.3 Å². The van der Waals surface area contributed by atoms with E-state index in [1.807, 2.05) is 12.1 Å². The molecule has 1 N–H and O–H groups in total. The normalized spacial score (nSPS) is 10.7. The van der Waals surface area contributed by atoms with E-state index in [2.05, 4.69) is 33.1 Å². The maximum absolute atomic E-state index is 12.0. The Morgan fingerprint density at radius 2 is 2.00 bits per heavy atom. The molecule has 0 spiro atoms. The molecule has 0 aliphatic carbocycles. The summed E-state index contributed by atoms with van der Waals surface area (Å²) in [4.78, 5) is 24.4. The Morgan fingerprint density at radius 1 is 1.27 bits per heavy atom. The van der Waals surface area contributed by atoms with Gasteiger partial charge < -0.3 is 14.2 Å². The van der Waals surface area contributed by atoms with Gasteiger partial charge in [0, 0.05) is 9.92 Å². The van der Waals surface area contributed by atoms with Crippen molar-refractivity contribution in [3.63, 3.8) is 0 Å². The SMILES string of the molecule is CCOC(=O)COc1c(I)cc(/C=N\NC(=O)CSc2ccc(Cl)cc2)cc1OC. The fourth-order valence-corrected chi connectivity index (χ4v) is 3.78. The molecule has 0 unspecified atom stereocenters. The van der Waals surface area contributed by atoms with Gasteiger partial charge in [-0.05, 0) is 71.5 Å². The highest BCUT2D eigenvalue weighted by atomic mass is 127. The third kappa shape index (κ3) is 8.04. The van der Waals surface area contributed by atoms with Crippen molar-refractivity contribution in [2.75, 3.05) is 26.1 Å². The number of carbonyl (C=O) groups excluding carboxylic acids is 2. The zero-order chi connectivity index (χ0) is 21.9. The number of methoxy groups -OCH3 is 1. The van der Waals surface area contributed by atoms with E-state index in [1.54, 1.807) is 31.2 Å². The first kappa shape index (κ1) is 24.3. The van der Waals surface area contributed by atoms with Crippen LogP contribution in [-0.2, 0) is 14.3 Å². The number of hydrazone groups is 1. The summed E-state index contributed by atoms with van der Waals surface area (Å²) in [7, 11) is 1.50. The van der Waals surface area contributed by atoms with Crippen molar-refractivity contribution in [2.45, 2.75) is 11.8 Å². The first-order chi connectivity index (χ1) is 14.4. The predicted molar refractivity (Wildman–Crippen MR) is 126 cm³/mol. The topological polar surface area (TPSA) is 86.2 Å². The highest BCUT2D eigenvalue weighted by Gasteiger charge is 2.13. The minimum Gasteiger partial charge on any atom is -0.493 e. The van der Waals surface area contributed by atoms with Gasteiger partial charge in [-0.2, -0.15) is 5.10 Å². The van der Waals surface area contributed by atoms with Gasteiger partial charge in [-0.15, -0.1) is 11.8 Å². The summed E-state index contributed by atoms with van der Waals surface area (Å²) in [6.45, 7) is 1.80. The molecule has 2 aromatic carbocycles. The molecule has 0 atom stereocenters. The number of nitrogens with one attached hydrogen (secondary N) is 1. The van der Waals surface area contributed by atoms with E-state index >= 15 is 0 Å². The lowest BCUT2D eigenvalue weighted by atomic mass is 10.2. The third-order valence-electron chi connectivity index (χ3n) is 3.48. The van der Waals surface area contributed by atoms with Gasteiger partial charge in [-0.3, -0.25) is 4.79 Å². The highest BCUT2D eigenvalue weighted by molar-refractivity contribution is 14.1. The van der Waals surface area contributed by atoms with E-state index in [-0.39, 0.29) is 24.9 Å². The van der Waals surface area contributed by atoms with E-state index in [0.29, 0.717) is 22.1 Å². The summed E-state index contributed by atoms with van der Waals surface area (Å²) in [5, 5.41) is 4.63. The Morgan fingerprint density at radius 3 is 2.67 bits per heavy atom. The maximum atomic E-state index is 12.0. The Hall–Kier alpha value is -1.98. The molecule has 0 aliphatic heterocycles. The molecule has 10 heteroatoms. The lowest BCUT2D eigenvalue weighted by molar-refractivity contribution is -0.145. The fraction of sp³-hybridized carbons (Fsp3) is 0.250. The van der Waals surface area contributed by atoms with Crippen LogP contribution in [0, 0.1) is 3.57 Å². The van der Waals surface area contributed by atoms with E-state index in [0.717, 1.165) is 8.47 Å². The lowest BCUT2D eigenvalue weighted by Crippen LogP contribution is -2.19. The number of thioether (sulfide) groups is 1. The molecule has 2 aromatic rings. The smallest absolute Gasteiger partial charge is 0.344 e. The summed E-state index contributed by atoms with van der Waals surface area (Å²) in [6, 6.07) is 10.7. The highest BCUT2D eigenvalue weighted by Crippen LogP contribution is 2.33. The molecule has 0 saturated carbocycles. The second kappa shape index (κ2) is 12.7. The minimum atomic E-state index is -0.458. The molecule has 1 amide bonds. The molecule has 0 aliphatic rings. The molecule has 0 saturated heterocycles. The summed E-state index contributed by atoms with van der Waals surface area (Å²) in [5.41, 5.74) is 3.19. The Labute approximate surface area is 197 Å². The van der Waals surface area contributed by atoms with Crippen LogP contribution < -0.4 is 14.9 Å². The van der Waals surface area contributed by atoms with Crippen molar-refractivity contribution in [1.82, 2.24) is 5.43 Å². The number of halogens is 2. The Bertz CT molecular complexity index is 909. The van der Waals surface area contributed by atoms with Gasteiger partial charge in [-0.25, -0.2) is 10.2 Å². The van der Waals surface area contributed by atoms with E-state index in [1.165, 1.54) is 25.1 Å². The number of benzene rings is 2. The number of nitrogens with zero attached hydrogens (tertiary/aromatic N) is 1. The molecule has 0 radical (unpaired) electrons. The summed E-state index contributed by atoms with van der Waals surface area (Å²) < 4.78 is 16.4. The Balaban J connectivity index is 1.92. The third-order valence-corrected chi connectivity index (χ3v) is 5.54. The summed E-state index contributed by atoms with van der Waals surface area (Å²) in [6.07, 6.45) is 1.50. The van der Waals surface area contributed by atoms with E-state index in [4.69, 9.17) is 25.8 Å². The molecule has 0 fully saturated rings. The number of carbonyl (C=O) groups is 2. The number of rotatable bonds is 10. The van der Waals surface area contributed by atoms with Crippen LogP contribution in [0.15, 0.2) is 46.4 Å². The van der Waals surface area contributed by atoms with Crippen molar-refractivity contribution < 1.29 is 23.8 Å². The van der Waals surface area contributed by atoms with E-state index in [9.17, 15) is 9.59 Å². The number of esters is 1. The molecule has 0 heterocycles. The van der Waals surface area contributed by atoms with Crippen molar-refractivity contribution >= 4 is 64.0 Å². The predicted octanol–water partition coefficient (Wildman–Crippen LogP) is 4.14. The van der Waals surface area contributed by atoms with Crippen molar-refractivity contribution in [3.05, 3.63) is 50.6 Å². The summed E-state index contributed by atoms with van der Waals surface area (Å²) in [5.74, 6) is 0.409. The van der Waals surface area contributed by atoms with Gasteiger partial charge >= 0.3 is 5.97 Å². The quantitative estimate of drug-likeness (QED) is 0.154. The number of hydrogen-bond acceptors (Lipinski definition) is 7. The van der Waals surface area contributed by atoms with Crippen LogP contribution in [-0.4, -0.2) is 44.2 Å². The fourth-order valence-electron chi connectivity index (χ4n) is 2.18. The zero-order valence-electron chi connectivity index (χ0n) is 16.3. The van der Waals surface area contributed by atoms with Crippen molar-refractivity contribution in [1.29, 1.82) is 0 Å². The maximum Gasteiger partial charge on any atom is 0.344 e. The number of hydrogen-bond donors (Lipinski definition) is 1. The first-order valence-electron chi connectivity index (χ1n) is 8.79. The van der Waals surface area contributed by atoms with Crippen LogP contribution >= 0.6 is 46.0 Å².